The second-order valence-electron chi connectivity index (χ2n) is 5.75. The largest absolute Gasteiger partial charge is 0.497 e. The summed E-state index contributed by atoms with van der Waals surface area (Å²) >= 11 is 0. The fraction of sp³-hybridized carbons (Fsp3) is 0.471. The van der Waals surface area contributed by atoms with Gasteiger partial charge in [-0.25, -0.2) is 0 Å². The first kappa shape index (κ1) is 15.6. The highest BCUT2D eigenvalue weighted by molar-refractivity contribution is 5.30. The predicted molar refractivity (Wildman–Crippen MR) is 85.5 cm³/mol. The van der Waals surface area contributed by atoms with E-state index in [1.807, 2.05) is 23.9 Å². The van der Waals surface area contributed by atoms with Crippen LogP contribution < -0.4 is 10.1 Å². The zero-order chi connectivity index (χ0) is 15.4. The molecule has 1 aromatic carbocycles. The maximum atomic E-state index is 5.28. The third-order valence-electron chi connectivity index (χ3n) is 3.68. The standard InChI is InChI=1S/C17H25N3O/c1-12(2)17-15(11-20(4)19-17)10-18-13(3)14-7-6-8-16(9-14)21-5/h6-9,11-13,18H,10H2,1-5H3. The maximum absolute atomic E-state index is 5.28. The van der Waals surface area contributed by atoms with Gasteiger partial charge >= 0.3 is 0 Å². The first-order chi connectivity index (χ1) is 10.0. The third kappa shape index (κ3) is 3.85. The van der Waals surface area contributed by atoms with Crippen LogP contribution in [-0.2, 0) is 13.6 Å². The smallest absolute Gasteiger partial charge is 0.119 e. The Hall–Kier alpha value is -1.81. The summed E-state index contributed by atoms with van der Waals surface area (Å²) in [5.74, 6) is 1.33. The summed E-state index contributed by atoms with van der Waals surface area (Å²) in [7, 11) is 3.67. The number of hydrogen-bond acceptors (Lipinski definition) is 3. The van der Waals surface area contributed by atoms with Crippen molar-refractivity contribution in [1.29, 1.82) is 0 Å². The minimum atomic E-state index is 0.264. The molecule has 0 bridgehead atoms. The second kappa shape index (κ2) is 6.76. The molecule has 1 N–H and O–H groups in total. The highest BCUT2D eigenvalue weighted by Gasteiger charge is 2.13. The van der Waals surface area contributed by atoms with Crippen molar-refractivity contribution in [2.45, 2.75) is 39.3 Å². The number of ether oxygens (including phenoxy) is 1. The summed E-state index contributed by atoms with van der Waals surface area (Å²) in [5, 5.41) is 8.11. The number of aryl methyl sites for hydroxylation is 1. The molecule has 0 aliphatic rings. The van der Waals surface area contributed by atoms with Gasteiger partial charge in [-0.1, -0.05) is 26.0 Å². The molecule has 0 aliphatic heterocycles. The van der Waals surface area contributed by atoms with E-state index in [9.17, 15) is 0 Å². The lowest BCUT2D eigenvalue weighted by Gasteiger charge is -2.15. The fourth-order valence-corrected chi connectivity index (χ4v) is 2.47. The van der Waals surface area contributed by atoms with Gasteiger partial charge in [-0.05, 0) is 30.5 Å². The monoisotopic (exact) mass is 287 g/mol. The van der Waals surface area contributed by atoms with Gasteiger partial charge in [0.25, 0.3) is 0 Å². The van der Waals surface area contributed by atoms with Gasteiger partial charge in [0.1, 0.15) is 5.75 Å². The van der Waals surface area contributed by atoms with Crippen LogP contribution in [0.3, 0.4) is 0 Å². The molecular weight excluding hydrogens is 262 g/mol. The Morgan fingerprint density at radius 3 is 2.71 bits per heavy atom. The van der Waals surface area contributed by atoms with Crippen LogP contribution in [-0.4, -0.2) is 16.9 Å². The Kier molecular flexibility index (Phi) is 5.02. The van der Waals surface area contributed by atoms with Crippen LogP contribution >= 0.6 is 0 Å². The van der Waals surface area contributed by atoms with Crippen molar-refractivity contribution in [1.82, 2.24) is 15.1 Å². The van der Waals surface area contributed by atoms with Crippen molar-refractivity contribution in [2.75, 3.05) is 7.11 Å². The van der Waals surface area contributed by atoms with E-state index in [4.69, 9.17) is 4.74 Å². The zero-order valence-electron chi connectivity index (χ0n) is 13.6. The molecule has 0 saturated heterocycles. The van der Waals surface area contributed by atoms with E-state index in [0.29, 0.717) is 5.92 Å². The van der Waals surface area contributed by atoms with Crippen molar-refractivity contribution < 1.29 is 4.74 Å². The van der Waals surface area contributed by atoms with E-state index in [0.717, 1.165) is 12.3 Å². The van der Waals surface area contributed by atoms with E-state index in [-0.39, 0.29) is 6.04 Å². The number of nitrogens with zero attached hydrogens (tertiary/aromatic N) is 2. The Labute approximate surface area is 127 Å². The average molecular weight is 287 g/mol. The summed E-state index contributed by atoms with van der Waals surface area (Å²) in [6.07, 6.45) is 2.10. The minimum absolute atomic E-state index is 0.264. The van der Waals surface area contributed by atoms with Gasteiger partial charge in [0.05, 0.1) is 12.8 Å². The number of aromatic nitrogens is 2. The van der Waals surface area contributed by atoms with Crippen LogP contribution in [0.4, 0.5) is 0 Å². The quantitative estimate of drug-likeness (QED) is 0.885. The Balaban J connectivity index is 2.05. The highest BCUT2D eigenvalue weighted by Crippen LogP contribution is 2.21. The molecule has 0 saturated carbocycles. The molecule has 0 amide bonds. The Morgan fingerprint density at radius 2 is 2.05 bits per heavy atom. The topological polar surface area (TPSA) is 39.1 Å². The van der Waals surface area contributed by atoms with Gasteiger partial charge in [0, 0.05) is 31.4 Å². The molecule has 114 valence electrons. The molecule has 0 fully saturated rings. The van der Waals surface area contributed by atoms with E-state index in [2.05, 4.69) is 49.5 Å². The molecule has 4 heteroatoms. The molecular formula is C17H25N3O. The van der Waals surface area contributed by atoms with E-state index < -0.39 is 0 Å². The molecule has 1 unspecified atom stereocenters. The maximum Gasteiger partial charge on any atom is 0.119 e. The summed E-state index contributed by atoms with van der Waals surface area (Å²) in [5.41, 5.74) is 3.66. The van der Waals surface area contributed by atoms with Crippen LogP contribution in [0.25, 0.3) is 0 Å². The number of hydrogen-bond donors (Lipinski definition) is 1. The lowest BCUT2D eigenvalue weighted by atomic mass is 10.0. The van der Waals surface area contributed by atoms with Crippen molar-refractivity contribution in [2.24, 2.45) is 7.05 Å². The first-order valence-corrected chi connectivity index (χ1v) is 7.41. The van der Waals surface area contributed by atoms with Crippen LogP contribution in [0.5, 0.6) is 5.75 Å². The predicted octanol–water partition coefficient (Wildman–Crippen LogP) is 3.40. The van der Waals surface area contributed by atoms with E-state index in [1.165, 1.54) is 16.8 Å². The summed E-state index contributed by atoms with van der Waals surface area (Å²) < 4.78 is 7.17. The van der Waals surface area contributed by atoms with Gasteiger partial charge in [-0.2, -0.15) is 5.10 Å². The number of nitrogens with one attached hydrogen (secondary N) is 1. The molecule has 21 heavy (non-hydrogen) atoms. The molecule has 4 nitrogen and oxygen atoms in total. The van der Waals surface area contributed by atoms with Crippen LogP contribution in [0.1, 0.15) is 49.6 Å². The summed E-state index contributed by atoms with van der Waals surface area (Å²) in [6.45, 7) is 7.34. The van der Waals surface area contributed by atoms with Crippen LogP contribution in [0.15, 0.2) is 30.5 Å². The Bertz CT molecular complexity index is 589. The molecule has 1 aromatic heterocycles. The third-order valence-corrected chi connectivity index (χ3v) is 3.68. The number of rotatable bonds is 6. The van der Waals surface area contributed by atoms with E-state index in [1.54, 1.807) is 7.11 Å². The molecule has 0 spiro atoms. The van der Waals surface area contributed by atoms with Gasteiger partial charge in [-0.3, -0.25) is 4.68 Å². The van der Waals surface area contributed by atoms with Crippen molar-refractivity contribution in [3.8, 4) is 5.75 Å². The van der Waals surface area contributed by atoms with Gasteiger partial charge in [-0.15, -0.1) is 0 Å². The zero-order valence-corrected chi connectivity index (χ0v) is 13.6. The molecule has 2 aromatic rings. The summed E-state index contributed by atoms with van der Waals surface area (Å²) in [4.78, 5) is 0. The number of benzene rings is 1. The normalized spacial score (nSPS) is 12.7. The second-order valence-corrected chi connectivity index (χ2v) is 5.75. The lowest BCUT2D eigenvalue weighted by Crippen LogP contribution is -2.18. The minimum Gasteiger partial charge on any atom is -0.497 e. The fourth-order valence-electron chi connectivity index (χ4n) is 2.47. The van der Waals surface area contributed by atoms with Crippen molar-refractivity contribution >= 4 is 0 Å². The van der Waals surface area contributed by atoms with Crippen LogP contribution in [0.2, 0.25) is 0 Å². The number of methoxy groups -OCH3 is 1. The molecule has 1 heterocycles. The first-order valence-electron chi connectivity index (χ1n) is 7.41. The Morgan fingerprint density at radius 1 is 1.29 bits per heavy atom. The SMILES string of the molecule is COc1cccc(C(C)NCc2cn(C)nc2C(C)C)c1. The molecule has 1 atom stereocenters. The van der Waals surface area contributed by atoms with Gasteiger partial charge in [0.15, 0.2) is 0 Å². The average Bonchev–Trinajstić information content (AvgIpc) is 2.86. The van der Waals surface area contributed by atoms with E-state index >= 15 is 0 Å². The molecule has 0 radical (unpaired) electrons. The lowest BCUT2D eigenvalue weighted by molar-refractivity contribution is 0.413. The van der Waals surface area contributed by atoms with Crippen molar-refractivity contribution in [3.63, 3.8) is 0 Å². The van der Waals surface area contributed by atoms with Crippen LogP contribution in [0, 0.1) is 0 Å². The molecule has 2 rings (SSSR count). The highest BCUT2D eigenvalue weighted by atomic mass is 16.5. The van der Waals surface area contributed by atoms with Gasteiger partial charge < -0.3 is 10.1 Å². The molecule has 0 aliphatic carbocycles. The van der Waals surface area contributed by atoms with Crippen molar-refractivity contribution in [3.05, 3.63) is 47.3 Å². The summed E-state index contributed by atoms with van der Waals surface area (Å²) in [6, 6.07) is 8.45. The van der Waals surface area contributed by atoms with Gasteiger partial charge in [0.2, 0.25) is 0 Å².